The number of fused-ring (bicyclic) bond motifs is 3. The zero-order valence-corrected chi connectivity index (χ0v) is 19.5. The first-order valence-electron chi connectivity index (χ1n) is 10.7. The van der Waals surface area contributed by atoms with E-state index in [1.165, 1.54) is 0 Å². The van der Waals surface area contributed by atoms with Crippen LogP contribution in [0.25, 0.3) is 0 Å². The van der Waals surface area contributed by atoms with Crippen LogP contribution in [0, 0.1) is 19.8 Å². The molecule has 3 atom stereocenters. The number of anilines is 2. The van der Waals surface area contributed by atoms with E-state index in [2.05, 4.69) is 28.3 Å². The van der Waals surface area contributed by atoms with Crippen LogP contribution in [0.5, 0.6) is 0 Å². The number of allylic oxidation sites excluding steroid dienone is 2. The maximum atomic E-state index is 13.2. The molecular formula is C26H25ClN2O2S. The maximum Gasteiger partial charge on any atom is 0.261 e. The van der Waals surface area contributed by atoms with E-state index in [0.717, 1.165) is 39.4 Å². The summed E-state index contributed by atoms with van der Waals surface area (Å²) in [4.78, 5) is 0.279. The van der Waals surface area contributed by atoms with E-state index >= 15 is 0 Å². The van der Waals surface area contributed by atoms with Crippen LogP contribution >= 0.6 is 11.6 Å². The highest BCUT2D eigenvalue weighted by atomic mass is 35.5. The van der Waals surface area contributed by atoms with Crippen molar-refractivity contribution >= 4 is 33.0 Å². The molecule has 5 rings (SSSR count). The van der Waals surface area contributed by atoms with E-state index in [4.69, 9.17) is 11.6 Å². The van der Waals surface area contributed by atoms with Gasteiger partial charge in [0.2, 0.25) is 0 Å². The SMILES string of the molecule is Cc1cccc(C)c1NS(=O)(=O)c1ccc2c(c1)[C@@H]1C=CC[C@@H]1[C@H](c1cccc(Cl)c1)N2. The van der Waals surface area contributed by atoms with Gasteiger partial charge in [-0.2, -0.15) is 0 Å². The van der Waals surface area contributed by atoms with Gasteiger partial charge in [0.25, 0.3) is 10.0 Å². The quantitative estimate of drug-likeness (QED) is 0.428. The van der Waals surface area contributed by atoms with Gasteiger partial charge in [0.05, 0.1) is 16.6 Å². The van der Waals surface area contributed by atoms with Gasteiger partial charge < -0.3 is 5.32 Å². The van der Waals surface area contributed by atoms with Crippen LogP contribution in [0.2, 0.25) is 5.02 Å². The van der Waals surface area contributed by atoms with Gasteiger partial charge in [0.15, 0.2) is 0 Å². The van der Waals surface area contributed by atoms with Gasteiger partial charge >= 0.3 is 0 Å². The fourth-order valence-electron chi connectivity index (χ4n) is 4.94. The van der Waals surface area contributed by atoms with Crippen LogP contribution in [0.3, 0.4) is 0 Å². The molecule has 0 aromatic heterocycles. The minimum absolute atomic E-state index is 0.122. The molecule has 6 heteroatoms. The summed E-state index contributed by atoms with van der Waals surface area (Å²) >= 11 is 6.25. The highest BCUT2D eigenvalue weighted by Crippen LogP contribution is 2.50. The van der Waals surface area contributed by atoms with Gasteiger partial charge in [-0.05, 0) is 78.8 Å². The van der Waals surface area contributed by atoms with Crippen molar-refractivity contribution in [1.82, 2.24) is 0 Å². The predicted molar refractivity (Wildman–Crippen MR) is 131 cm³/mol. The molecular weight excluding hydrogens is 440 g/mol. The van der Waals surface area contributed by atoms with Crippen molar-refractivity contribution < 1.29 is 8.42 Å². The lowest BCUT2D eigenvalue weighted by molar-refractivity contribution is 0.425. The molecule has 0 saturated carbocycles. The van der Waals surface area contributed by atoms with Gasteiger partial charge in [0, 0.05) is 16.6 Å². The summed E-state index contributed by atoms with van der Waals surface area (Å²) < 4.78 is 29.3. The molecule has 0 saturated heterocycles. The van der Waals surface area contributed by atoms with Gasteiger partial charge in [-0.1, -0.05) is 54.1 Å². The highest BCUT2D eigenvalue weighted by molar-refractivity contribution is 7.92. The van der Waals surface area contributed by atoms with E-state index in [1.807, 2.05) is 62.4 Å². The van der Waals surface area contributed by atoms with E-state index in [9.17, 15) is 8.42 Å². The molecule has 1 aliphatic carbocycles. The van der Waals surface area contributed by atoms with Crippen LogP contribution in [-0.4, -0.2) is 8.42 Å². The topological polar surface area (TPSA) is 58.2 Å². The van der Waals surface area contributed by atoms with Crippen LogP contribution in [0.4, 0.5) is 11.4 Å². The number of benzene rings is 3. The summed E-state index contributed by atoms with van der Waals surface area (Å²) in [7, 11) is -3.71. The molecule has 2 N–H and O–H groups in total. The van der Waals surface area contributed by atoms with Crippen molar-refractivity contribution in [2.45, 2.75) is 37.1 Å². The first-order valence-corrected chi connectivity index (χ1v) is 12.6. The Morgan fingerprint density at radius 3 is 2.50 bits per heavy atom. The van der Waals surface area contributed by atoms with Crippen molar-refractivity contribution in [1.29, 1.82) is 0 Å². The van der Waals surface area contributed by atoms with Gasteiger partial charge in [-0.25, -0.2) is 8.42 Å². The molecule has 0 fully saturated rings. The maximum absolute atomic E-state index is 13.2. The lowest BCUT2D eigenvalue weighted by Crippen LogP contribution is -2.29. The number of halogens is 1. The van der Waals surface area contributed by atoms with Crippen molar-refractivity contribution in [2.24, 2.45) is 5.92 Å². The number of hydrogen-bond acceptors (Lipinski definition) is 3. The zero-order valence-electron chi connectivity index (χ0n) is 18.0. The largest absolute Gasteiger partial charge is 0.378 e. The minimum Gasteiger partial charge on any atom is -0.378 e. The van der Waals surface area contributed by atoms with Crippen LogP contribution in [0.15, 0.2) is 77.7 Å². The molecule has 0 radical (unpaired) electrons. The van der Waals surface area contributed by atoms with Crippen molar-refractivity contribution in [3.05, 3.63) is 100 Å². The minimum atomic E-state index is -3.71. The van der Waals surface area contributed by atoms with Crippen molar-refractivity contribution in [3.63, 3.8) is 0 Å². The number of aryl methyl sites for hydroxylation is 2. The Bertz CT molecular complexity index is 1310. The second-order valence-electron chi connectivity index (χ2n) is 8.65. The predicted octanol–water partition coefficient (Wildman–Crippen LogP) is 6.58. The molecule has 3 aromatic carbocycles. The summed E-state index contributed by atoms with van der Waals surface area (Å²) in [5.41, 5.74) is 5.58. The summed E-state index contributed by atoms with van der Waals surface area (Å²) in [5.74, 6) is 0.469. The lowest BCUT2D eigenvalue weighted by atomic mass is 9.77. The second-order valence-corrected chi connectivity index (χ2v) is 10.8. The molecule has 0 unspecified atom stereocenters. The molecule has 1 heterocycles. The number of para-hydroxylation sites is 1. The fourth-order valence-corrected chi connectivity index (χ4v) is 6.38. The highest BCUT2D eigenvalue weighted by Gasteiger charge is 2.38. The molecule has 1 aliphatic heterocycles. The fraction of sp³-hybridized carbons (Fsp3) is 0.231. The number of hydrogen-bond donors (Lipinski definition) is 2. The Kier molecular flexibility index (Phi) is 5.26. The third-order valence-electron chi connectivity index (χ3n) is 6.57. The van der Waals surface area contributed by atoms with E-state index in [0.29, 0.717) is 11.6 Å². The number of sulfonamides is 1. The molecule has 3 aromatic rings. The monoisotopic (exact) mass is 464 g/mol. The van der Waals surface area contributed by atoms with Crippen LogP contribution < -0.4 is 10.0 Å². The molecule has 32 heavy (non-hydrogen) atoms. The Hall–Kier alpha value is -2.76. The molecule has 164 valence electrons. The Morgan fingerprint density at radius 2 is 1.75 bits per heavy atom. The second kappa shape index (κ2) is 7.98. The van der Waals surface area contributed by atoms with Crippen molar-refractivity contribution in [2.75, 3.05) is 10.0 Å². The summed E-state index contributed by atoms with van der Waals surface area (Å²) in [5, 5.41) is 4.36. The van der Waals surface area contributed by atoms with Crippen LogP contribution in [0.1, 0.15) is 40.6 Å². The van der Waals surface area contributed by atoms with Crippen molar-refractivity contribution in [3.8, 4) is 0 Å². The normalized spacial score (nSPS) is 21.5. The molecule has 4 nitrogen and oxygen atoms in total. The van der Waals surface area contributed by atoms with Gasteiger partial charge in [-0.3, -0.25) is 4.72 Å². The van der Waals surface area contributed by atoms with Gasteiger partial charge in [-0.15, -0.1) is 0 Å². The molecule has 2 aliphatic rings. The van der Waals surface area contributed by atoms with E-state index < -0.39 is 10.0 Å². The van der Waals surface area contributed by atoms with Crippen LogP contribution in [-0.2, 0) is 10.0 Å². The smallest absolute Gasteiger partial charge is 0.261 e. The van der Waals surface area contributed by atoms with E-state index in [1.54, 1.807) is 6.07 Å². The molecule has 0 bridgehead atoms. The lowest BCUT2D eigenvalue weighted by Gasteiger charge is -2.37. The first kappa shape index (κ1) is 21.1. The number of nitrogens with one attached hydrogen (secondary N) is 2. The van der Waals surface area contributed by atoms with Gasteiger partial charge in [0.1, 0.15) is 0 Å². The first-order chi connectivity index (χ1) is 15.3. The average Bonchev–Trinajstić information content (AvgIpc) is 3.26. The Balaban J connectivity index is 1.51. The molecule has 0 spiro atoms. The van der Waals surface area contributed by atoms with E-state index in [-0.39, 0.29) is 16.9 Å². The number of rotatable bonds is 4. The zero-order chi connectivity index (χ0) is 22.5. The third-order valence-corrected chi connectivity index (χ3v) is 8.15. The standard InChI is InChI=1S/C26H25ClN2O2S/c1-16-6-3-7-17(2)25(16)29-32(30,31)20-12-13-24-23(15-20)21-10-5-11-22(21)26(28-24)18-8-4-9-19(27)14-18/h3-10,12-15,21-22,26,28-29H,11H2,1-2H3/t21-,22+,26+/m1/s1. The summed E-state index contributed by atoms with van der Waals surface area (Å²) in [6, 6.07) is 19.2. The third kappa shape index (κ3) is 3.70. The Morgan fingerprint density at radius 1 is 1.00 bits per heavy atom. The molecule has 0 amide bonds. The summed E-state index contributed by atoms with van der Waals surface area (Å²) in [6.45, 7) is 3.82. The average molecular weight is 465 g/mol. The summed E-state index contributed by atoms with van der Waals surface area (Å²) in [6.07, 6.45) is 5.34. The Labute approximate surface area is 194 Å².